The van der Waals surface area contributed by atoms with Gasteiger partial charge in [0, 0.05) is 25.0 Å². The summed E-state index contributed by atoms with van der Waals surface area (Å²) in [4.78, 5) is 10.5. The second-order valence-corrected chi connectivity index (χ2v) is 2.99. The molecule has 0 radical (unpaired) electrons. The molecule has 1 aromatic rings. The minimum Gasteiger partial charge on any atom is -0.340 e. The SMILES string of the molecule is CCN(CCC#N)c1nccc(C)n1. The van der Waals surface area contributed by atoms with Gasteiger partial charge in [-0.2, -0.15) is 5.26 Å². The molecule has 0 unspecified atom stereocenters. The van der Waals surface area contributed by atoms with Crippen molar-refractivity contribution in [3.05, 3.63) is 18.0 Å². The Morgan fingerprint density at radius 1 is 1.57 bits per heavy atom. The van der Waals surface area contributed by atoms with Crippen molar-refractivity contribution in [3.63, 3.8) is 0 Å². The van der Waals surface area contributed by atoms with Crippen LogP contribution in [0, 0.1) is 18.3 Å². The van der Waals surface area contributed by atoms with Gasteiger partial charge in [-0.1, -0.05) is 0 Å². The zero-order chi connectivity index (χ0) is 10.4. The summed E-state index contributed by atoms with van der Waals surface area (Å²) < 4.78 is 0. The number of nitrogens with zero attached hydrogens (tertiary/aromatic N) is 4. The van der Waals surface area contributed by atoms with Gasteiger partial charge >= 0.3 is 0 Å². The lowest BCUT2D eigenvalue weighted by atomic mass is 10.4. The molecule has 0 aromatic carbocycles. The third kappa shape index (κ3) is 2.70. The van der Waals surface area contributed by atoms with Crippen LogP contribution in [0.25, 0.3) is 0 Å². The van der Waals surface area contributed by atoms with Crippen molar-refractivity contribution in [1.29, 1.82) is 5.26 Å². The molecule has 0 bridgehead atoms. The molecule has 0 spiro atoms. The first-order valence-electron chi connectivity index (χ1n) is 4.69. The van der Waals surface area contributed by atoms with E-state index in [2.05, 4.69) is 16.0 Å². The van der Waals surface area contributed by atoms with Gasteiger partial charge in [0.05, 0.1) is 12.5 Å². The minimum absolute atomic E-state index is 0.505. The summed E-state index contributed by atoms with van der Waals surface area (Å²) in [7, 11) is 0. The van der Waals surface area contributed by atoms with Gasteiger partial charge in [-0.05, 0) is 19.9 Å². The smallest absolute Gasteiger partial charge is 0.225 e. The Bertz CT molecular complexity index is 329. The highest BCUT2D eigenvalue weighted by molar-refractivity contribution is 5.29. The molecule has 1 aromatic heterocycles. The maximum atomic E-state index is 8.49. The van der Waals surface area contributed by atoms with Crippen LogP contribution >= 0.6 is 0 Å². The van der Waals surface area contributed by atoms with E-state index in [-0.39, 0.29) is 0 Å². The molecular formula is C10H14N4. The van der Waals surface area contributed by atoms with Gasteiger partial charge in [0.25, 0.3) is 0 Å². The topological polar surface area (TPSA) is 52.8 Å². The van der Waals surface area contributed by atoms with Gasteiger partial charge in [0.15, 0.2) is 0 Å². The average molecular weight is 190 g/mol. The number of nitriles is 1. The Balaban J connectivity index is 2.74. The van der Waals surface area contributed by atoms with Crippen molar-refractivity contribution in [2.24, 2.45) is 0 Å². The van der Waals surface area contributed by atoms with Crippen molar-refractivity contribution >= 4 is 5.95 Å². The highest BCUT2D eigenvalue weighted by Crippen LogP contribution is 2.06. The lowest BCUT2D eigenvalue weighted by molar-refractivity contribution is 0.787. The van der Waals surface area contributed by atoms with E-state index in [4.69, 9.17) is 5.26 Å². The maximum absolute atomic E-state index is 8.49. The summed E-state index contributed by atoms with van der Waals surface area (Å²) >= 11 is 0. The van der Waals surface area contributed by atoms with Gasteiger partial charge in [0.1, 0.15) is 0 Å². The zero-order valence-corrected chi connectivity index (χ0v) is 8.56. The summed E-state index contributed by atoms with van der Waals surface area (Å²) in [6.45, 7) is 5.48. The Labute approximate surface area is 84.2 Å². The van der Waals surface area contributed by atoms with E-state index in [1.54, 1.807) is 6.20 Å². The van der Waals surface area contributed by atoms with Crippen molar-refractivity contribution in [1.82, 2.24) is 9.97 Å². The number of aryl methyl sites for hydroxylation is 1. The number of hydrogen-bond donors (Lipinski definition) is 0. The molecule has 0 aliphatic carbocycles. The van der Waals surface area contributed by atoms with Crippen molar-refractivity contribution in [2.75, 3.05) is 18.0 Å². The summed E-state index contributed by atoms with van der Waals surface area (Å²) in [5.41, 5.74) is 0.949. The van der Waals surface area contributed by atoms with Gasteiger partial charge in [-0.25, -0.2) is 9.97 Å². The minimum atomic E-state index is 0.505. The fraction of sp³-hybridized carbons (Fsp3) is 0.500. The first kappa shape index (κ1) is 10.5. The summed E-state index contributed by atoms with van der Waals surface area (Å²) in [5.74, 6) is 0.711. The molecule has 4 nitrogen and oxygen atoms in total. The van der Waals surface area contributed by atoms with Crippen molar-refractivity contribution in [3.8, 4) is 6.07 Å². The van der Waals surface area contributed by atoms with Crippen LogP contribution in [0.15, 0.2) is 12.3 Å². The van der Waals surface area contributed by atoms with Gasteiger partial charge in [-0.3, -0.25) is 0 Å². The number of aromatic nitrogens is 2. The van der Waals surface area contributed by atoms with Crippen LogP contribution in [0.4, 0.5) is 5.95 Å². The predicted octanol–water partition coefficient (Wildman–Crippen LogP) is 1.52. The molecule has 0 fully saturated rings. The number of hydrogen-bond acceptors (Lipinski definition) is 4. The quantitative estimate of drug-likeness (QED) is 0.722. The Morgan fingerprint density at radius 2 is 2.36 bits per heavy atom. The van der Waals surface area contributed by atoms with Gasteiger partial charge in [-0.15, -0.1) is 0 Å². The van der Waals surface area contributed by atoms with Gasteiger partial charge in [0.2, 0.25) is 5.95 Å². The molecule has 0 atom stereocenters. The fourth-order valence-electron chi connectivity index (χ4n) is 1.17. The second kappa shape index (κ2) is 5.18. The highest BCUT2D eigenvalue weighted by Gasteiger charge is 2.05. The molecule has 0 saturated heterocycles. The van der Waals surface area contributed by atoms with Crippen LogP contribution in [0.1, 0.15) is 19.0 Å². The van der Waals surface area contributed by atoms with Crippen LogP contribution in [0.2, 0.25) is 0 Å². The molecule has 0 amide bonds. The maximum Gasteiger partial charge on any atom is 0.225 e. The summed E-state index contributed by atoms with van der Waals surface area (Å²) in [6, 6.07) is 3.98. The first-order chi connectivity index (χ1) is 6.77. The fourth-order valence-corrected chi connectivity index (χ4v) is 1.17. The van der Waals surface area contributed by atoms with Crippen LogP contribution in [-0.4, -0.2) is 23.1 Å². The van der Waals surface area contributed by atoms with Gasteiger partial charge < -0.3 is 4.90 Å². The molecular weight excluding hydrogens is 176 g/mol. The van der Waals surface area contributed by atoms with E-state index in [0.29, 0.717) is 18.9 Å². The van der Waals surface area contributed by atoms with Crippen LogP contribution < -0.4 is 4.90 Å². The third-order valence-electron chi connectivity index (χ3n) is 1.94. The van der Waals surface area contributed by atoms with Crippen LogP contribution in [-0.2, 0) is 0 Å². The largest absolute Gasteiger partial charge is 0.340 e. The van der Waals surface area contributed by atoms with Crippen LogP contribution in [0.5, 0.6) is 0 Å². The molecule has 4 heteroatoms. The van der Waals surface area contributed by atoms with E-state index in [0.717, 1.165) is 12.2 Å². The van der Waals surface area contributed by atoms with E-state index in [1.165, 1.54) is 0 Å². The highest BCUT2D eigenvalue weighted by atomic mass is 15.2. The molecule has 14 heavy (non-hydrogen) atoms. The number of anilines is 1. The zero-order valence-electron chi connectivity index (χ0n) is 8.56. The first-order valence-corrected chi connectivity index (χ1v) is 4.69. The Hall–Kier alpha value is -1.63. The molecule has 74 valence electrons. The molecule has 1 heterocycles. The summed E-state index contributed by atoms with van der Waals surface area (Å²) in [5, 5.41) is 8.49. The summed E-state index contributed by atoms with van der Waals surface area (Å²) in [6.07, 6.45) is 2.25. The second-order valence-electron chi connectivity index (χ2n) is 2.99. The van der Waals surface area contributed by atoms with E-state index in [1.807, 2.05) is 24.8 Å². The predicted molar refractivity (Wildman–Crippen MR) is 54.9 cm³/mol. The molecule has 0 aliphatic rings. The standard InChI is InChI=1S/C10H14N4/c1-3-14(8-4-6-11)10-12-7-5-9(2)13-10/h5,7H,3-4,8H2,1-2H3. The van der Waals surface area contributed by atoms with Crippen molar-refractivity contribution in [2.45, 2.75) is 20.3 Å². The third-order valence-corrected chi connectivity index (χ3v) is 1.94. The van der Waals surface area contributed by atoms with E-state index in [9.17, 15) is 0 Å². The average Bonchev–Trinajstić information content (AvgIpc) is 2.19. The van der Waals surface area contributed by atoms with Crippen LogP contribution in [0.3, 0.4) is 0 Å². The Morgan fingerprint density at radius 3 is 2.93 bits per heavy atom. The lowest BCUT2D eigenvalue weighted by Gasteiger charge is -2.18. The molecule has 0 N–H and O–H groups in total. The number of rotatable bonds is 4. The monoisotopic (exact) mass is 190 g/mol. The van der Waals surface area contributed by atoms with E-state index >= 15 is 0 Å². The van der Waals surface area contributed by atoms with E-state index < -0.39 is 0 Å². The lowest BCUT2D eigenvalue weighted by Crippen LogP contribution is -2.25. The molecule has 0 saturated carbocycles. The molecule has 0 aliphatic heterocycles. The normalized spacial score (nSPS) is 9.50. The van der Waals surface area contributed by atoms with Crippen molar-refractivity contribution < 1.29 is 0 Å². The molecule has 1 rings (SSSR count). The Kier molecular flexibility index (Phi) is 3.86.